The van der Waals surface area contributed by atoms with Crippen molar-refractivity contribution in [1.29, 1.82) is 0 Å². The van der Waals surface area contributed by atoms with Gasteiger partial charge in [-0.15, -0.1) is 0 Å². The summed E-state index contributed by atoms with van der Waals surface area (Å²) in [5.74, 6) is 0. The predicted octanol–water partition coefficient (Wildman–Crippen LogP) is 3.80. The molecule has 0 fully saturated rings. The molecule has 3 nitrogen and oxygen atoms in total. The van der Waals surface area contributed by atoms with Gasteiger partial charge in [-0.25, -0.2) is 4.68 Å². The molecule has 4 heteroatoms. The maximum absolute atomic E-state index is 5.79. The summed E-state index contributed by atoms with van der Waals surface area (Å²) in [5.41, 5.74) is 9.98. The molecule has 2 aliphatic carbocycles. The summed E-state index contributed by atoms with van der Waals surface area (Å²) < 4.78 is 1.88. The molecule has 0 aliphatic heterocycles. The zero-order valence-electron chi connectivity index (χ0n) is 13.2. The van der Waals surface area contributed by atoms with Crippen LogP contribution in [-0.2, 0) is 23.6 Å². The van der Waals surface area contributed by atoms with Crippen LogP contribution in [0, 0.1) is 12.8 Å². The smallest absolute Gasteiger partial charge is 0.0938 e. The molecule has 0 amide bonds. The summed E-state index contributed by atoms with van der Waals surface area (Å²) in [4.78, 5) is 0. The van der Waals surface area contributed by atoms with Crippen molar-refractivity contribution in [3.63, 3.8) is 0 Å². The minimum Gasteiger partial charge on any atom is -0.326 e. The Bertz CT molecular complexity index is 757. The topological polar surface area (TPSA) is 43.8 Å². The van der Waals surface area contributed by atoms with E-state index in [2.05, 4.69) is 17.6 Å². The monoisotopic (exact) mass is 357 g/mol. The van der Waals surface area contributed by atoms with Crippen LogP contribution in [0.15, 0.2) is 79.1 Å². The fraction of sp³-hybridized carbons (Fsp3) is 0.0500. The molecule has 122 valence electrons. The number of hydrogen-bond acceptors (Lipinski definition) is 2. The van der Waals surface area contributed by atoms with E-state index in [0.29, 0.717) is 6.54 Å². The number of aromatic nitrogens is 2. The second-order valence-electron chi connectivity index (χ2n) is 5.12. The van der Waals surface area contributed by atoms with Gasteiger partial charge in [0, 0.05) is 48.2 Å². The number of hydrogen-bond donors (Lipinski definition) is 1. The van der Waals surface area contributed by atoms with Crippen molar-refractivity contribution in [3.05, 3.63) is 103 Å². The standard InChI is InChI=1S/C15H14N3.C5H5.Fe/c16-10-13-11-18(14-8-2-1-3-9-14)17-15(13)12-6-4-5-7-12;1-2-4-5-3-1;/h1-9,11H,10,16H2;1-5H;. The second-order valence-corrected chi connectivity index (χ2v) is 5.12. The predicted molar refractivity (Wildman–Crippen MR) is 95.5 cm³/mol. The maximum atomic E-state index is 5.79. The third kappa shape index (κ3) is 4.45. The zero-order valence-corrected chi connectivity index (χ0v) is 14.3. The SMILES string of the molecule is NCc1cn(-c2ccccc2)nc1C1=CC=C[CH]1.[CH]1C=CC=C1.[Fe]. The van der Waals surface area contributed by atoms with Crippen molar-refractivity contribution in [1.82, 2.24) is 9.78 Å². The molecule has 2 radical (unpaired) electrons. The molecular formula is C20H19FeN3. The molecule has 1 aromatic carbocycles. The van der Waals surface area contributed by atoms with Gasteiger partial charge in [0.05, 0.1) is 11.4 Å². The first-order chi connectivity index (χ1) is 11.4. The van der Waals surface area contributed by atoms with Gasteiger partial charge < -0.3 is 5.73 Å². The van der Waals surface area contributed by atoms with Crippen LogP contribution < -0.4 is 5.73 Å². The van der Waals surface area contributed by atoms with Gasteiger partial charge in [0.2, 0.25) is 0 Å². The van der Waals surface area contributed by atoms with Crippen LogP contribution in [0.3, 0.4) is 0 Å². The molecule has 0 unspecified atom stereocenters. The van der Waals surface area contributed by atoms with Gasteiger partial charge in [0.15, 0.2) is 0 Å². The van der Waals surface area contributed by atoms with Crippen molar-refractivity contribution >= 4 is 5.57 Å². The maximum Gasteiger partial charge on any atom is 0.0938 e. The fourth-order valence-electron chi connectivity index (χ4n) is 2.37. The van der Waals surface area contributed by atoms with E-state index in [1.807, 2.05) is 84.1 Å². The molecule has 0 saturated carbocycles. The van der Waals surface area contributed by atoms with E-state index < -0.39 is 0 Å². The fourth-order valence-corrected chi connectivity index (χ4v) is 2.37. The van der Waals surface area contributed by atoms with Gasteiger partial charge in [-0.2, -0.15) is 5.10 Å². The molecule has 2 aliphatic rings. The quantitative estimate of drug-likeness (QED) is 0.850. The average Bonchev–Trinajstić information content (AvgIpc) is 3.38. The number of benzene rings is 1. The van der Waals surface area contributed by atoms with Crippen LogP contribution in [0.5, 0.6) is 0 Å². The van der Waals surface area contributed by atoms with Crippen molar-refractivity contribution in [3.8, 4) is 5.69 Å². The Morgan fingerprint density at radius 1 is 0.917 bits per heavy atom. The Labute approximate surface area is 153 Å². The molecule has 0 spiro atoms. The minimum absolute atomic E-state index is 0. The van der Waals surface area contributed by atoms with Gasteiger partial charge in [-0.3, -0.25) is 0 Å². The van der Waals surface area contributed by atoms with Crippen LogP contribution in [-0.4, -0.2) is 9.78 Å². The number of nitrogens with two attached hydrogens (primary N) is 1. The Balaban J connectivity index is 0.000000300. The molecule has 1 heterocycles. The van der Waals surface area contributed by atoms with Crippen molar-refractivity contribution in [2.24, 2.45) is 5.73 Å². The van der Waals surface area contributed by atoms with E-state index in [0.717, 1.165) is 22.5 Å². The number of allylic oxidation sites excluding steroid dienone is 8. The van der Waals surface area contributed by atoms with Crippen LogP contribution in [0.1, 0.15) is 11.3 Å². The molecule has 2 aromatic rings. The van der Waals surface area contributed by atoms with Crippen LogP contribution >= 0.6 is 0 Å². The average molecular weight is 357 g/mol. The van der Waals surface area contributed by atoms with E-state index in [9.17, 15) is 0 Å². The first kappa shape index (κ1) is 18.2. The van der Waals surface area contributed by atoms with E-state index in [1.165, 1.54) is 0 Å². The van der Waals surface area contributed by atoms with E-state index >= 15 is 0 Å². The number of rotatable bonds is 3. The first-order valence-electron chi connectivity index (χ1n) is 7.61. The largest absolute Gasteiger partial charge is 0.326 e. The Morgan fingerprint density at radius 2 is 1.67 bits per heavy atom. The Hall–Kier alpha value is -2.13. The third-order valence-electron chi connectivity index (χ3n) is 3.52. The van der Waals surface area contributed by atoms with Gasteiger partial charge >= 0.3 is 0 Å². The Morgan fingerprint density at radius 3 is 2.21 bits per heavy atom. The van der Waals surface area contributed by atoms with E-state index in [-0.39, 0.29) is 17.1 Å². The van der Waals surface area contributed by atoms with Gasteiger partial charge in [-0.05, 0) is 17.7 Å². The van der Waals surface area contributed by atoms with E-state index in [1.54, 1.807) is 0 Å². The summed E-state index contributed by atoms with van der Waals surface area (Å²) in [6.07, 6.45) is 20.1. The van der Waals surface area contributed by atoms with Gasteiger partial charge in [0.25, 0.3) is 0 Å². The summed E-state index contributed by atoms with van der Waals surface area (Å²) in [7, 11) is 0. The molecule has 0 saturated heterocycles. The molecule has 0 bridgehead atoms. The molecule has 24 heavy (non-hydrogen) atoms. The summed E-state index contributed by atoms with van der Waals surface area (Å²) in [6.45, 7) is 0.493. The summed E-state index contributed by atoms with van der Waals surface area (Å²) in [6, 6.07) is 10.1. The first-order valence-corrected chi connectivity index (χ1v) is 7.61. The summed E-state index contributed by atoms with van der Waals surface area (Å²) in [5, 5.41) is 4.63. The van der Waals surface area contributed by atoms with Crippen LogP contribution in [0.4, 0.5) is 0 Å². The number of para-hydroxylation sites is 1. The van der Waals surface area contributed by atoms with E-state index in [4.69, 9.17) is 5.73 Å². The number of nitrogens with zero attached hydrogens (tertiary/aromatic N) is 2. The molecule has 2 N–H and O–H groups in total. The van der Waals surface area contributed by atoms with Crippen molar-refractivity contribution in [2.75, 3.05) is 0 Å². The normalized spacial score (nSPS) is 14.1. The summed E-state index contributed by atoms with van der Waals surface area (Å²) >= 11 is 0. The Kier molecular flexibility index (Phi) is 7.01. The minimum atomic E-state index is 0. The molecule has 4 rings (SSSR count). The van der Waals surface area contributed by atoms with Crippen molar-refractivity contribution in [2.45, 2.75) is 6.54 Å². The van der Waals surface area contributed by atoms with Gasteiger partial charge in [-0.1, -0.05) is 60.7 Å². The van der Waals surface area contributed by atoms with Crippen LogP contribution in [0.25, 0.3) is 11.3 Å². The second kappa shape index (κ2) is 9.23. The van der Waals surface area contributed by atoms with Gasteiger partial charge in [0.1, 0.15) is 0 Å². The zero-order chi connectivity index (χ0) is 15.9. The molecular weight excluding hydrogens is 338 g/mol. The molecule has 1 aromatic heterocycles. The third-order valence-corrected chi connectivity index (χ3v) is 3.52. The van der Waals surface area contributed by atoms with Crippen molar-refractivity contribution < 1.29 is 17.1 Å². The van der Waals surface area contributed by atoms with Crippen LogP contribution in [0.2, 0.25) is 0 Å². The molecule has 0 atom stereocenters.